The van der Waals surface area contributed by atoms with Crippen molar-refractivity contribution >= 4 is 0 Å². The summed E-state index contributed by atoms with van der Waals surface area (Å²) in [6.07, 6.45) is 3.00. The molecule has 0 atom stereocenters. The van der Waals surface area contributed by atoms with Crippen LogP contribution in [0.1, 0.15) is 39.1 Å². The fourth-order valence-corrected chi connectivity index (χ4v) is 1.39. The van der Waals surface area contributed by atoms with Crippen LogP contribution < -0.4 is 5.32 Å². The van der Waals surface area contributed by atoms with Gasteiger partial charge in [-0.1, -0.05) is 27.7 Å². The first-order valence-corrected chi connectivity index (χ1v) is 5.58. The van der Waals surface area contributed by atoms with Gasteiger partial charge in [0.2, 0.25) is 0 Å². The molecule has 0 aliphatic carbocycles. The average molecular weight is 197 g/mol. The number of rotatable bonds is 0. The first-order valence-electron chi connectivity index (χ1n) is 5.58. The minimum atomic E-state index is 0.941. The summed E-state index contributed by atoms with van der Waals surface area (Å²) in [6, 6.07) is 0. The van der Waals surface area contributed by atoms with Gasteiger partial charge in [-0.3, -0.25) is 0 Å². The molecule has 0 aromatic carbocycles. The van der Waals surface area contributed by atoms with Crippen LogP contribution >= 0.6 is 0 Å². The van der Waals surface area contributed by atoms with Crippen molar-refractivity contribution < 1.29 is 0 Å². The van der Waals surface area contributed by atoms with E-state index in [1.54, 1.807) is 0 Å². The first-order chi connectivity index (χ1) is 6.88. The molecule has 0 amide bonds. The van der Waals surface area contributed by atoms with E-state index in [-0.39, 0.29) is 0 Å². The maximum Gasteiger partial charge on any atom is 0.0949 e. The van der Waals surface area contributed by atoms with Crippen LogP contribution in [0.15, 0.2) is 6.33 Å². The van der Waals surface area contributed by atoms with Crippen LogP contribution in [-0.4, -0.2) is 16.1 Å². The lowest BCUT2D eigenvalue weighted by atomic mass is 10.2. The molecule has 0 unspecified atom stereocenters. The highest BCUT2D eigenvalue weighted by atomic mass is 15.1. The van der Waals surface area contributed by atoms with E-state index in [0.717, 1.165) is 19.5 Å². The number of nitrogens with one attached hydrogen (secondary N) is 1. The lowest BCUT2D eigenvalue weighted by Gasteiger charge is -2.12. The zero-order valence-corrected chi connectivity index (χ0v) is 10.1. The van der Waals surface area contributed by atoms with Crippen molar-refractivity contribution in [2.75, 3.05) is 6.54 Å². The second kappa shape index (κ2) is 7.56. The van der Waals surface area contributed by atoms with Gasteiger partial charge in [0.15, 0.2) is 0 Å². The molecule has 0 radical (unpaired) electrons. The number of aromatic nitrogens is 2. The summed E-state index contributed by atoms with van der Waals surface area (Å²) in [4.78, 5) is 4.26. The molecule has 0 fully saturated rings. The number of nitrogens with zero attached hydrogens (tertiary/aromatic N) is 2. The normalized spacial score (nSPS) is 12.9. The van der Waals surface area contributed by atoms with E-state index in [1.165, 1.54) is 11.4 Å². The lowest BCUT2D eigenvalue weighted by molar-refractivity contribution is 0.612. The van der Waals surface area contributed by atoms with Gasteiger partial charge in [-0.25, -0.2) is 4.98 Å². The van der Waals surface area contributed by atoms with E-state index in [4.69, 9.17) is 0 Å². The summed E-state index contributed by atoms with van der Waals surface area (Å²) in [5.41, 5.74) is 2.60. The third-order valence-corrected chi connectivity index (χ3v) is 1.98. The Morgan fingerprint density at radius 1 is 1.29 bits per heavy atom. The maximum absolute atomic E-state index is 4.26. The Labute approximate surface area is 87.5 Å². The molecule has 0 bridgehead atoms. The molecular weight excluding hydrogens is 174 g/mol. The van der Waals surface area contributed by atoms with Crippen LogP contribution in [-0.2, 0) is 20.0 Å². The van der Waals surface area contributed by atoms with Crippen LogP contribution in [0.25, 0.3) is 0 Å². The number of fused-ring (bicyclic) bond motifs is 1. The van der Waals surface area contributed by atoms with Gasteiger partial charge in [-0.05, 0) is 0 Å². The third kappa shape index (κ3) is 3.14. The topological polar surface area (TPSA) is 29.9 Å². The summed E-state index contributed by atoms with van der Waals surface area (Å²) in [7, 11) is 2.05. The second-order valence-corrected chi connectivity index (χ2v) is 2.68. The Kier molecular flexibility index (Phi) is 7.11. The Bertz CT molecular complexity index is 241. The van der Waals surface area contributed by atoms with Gasteiger partial charge >= 0.3 is 0 Å². The number of aryl methyl sites for hydroxylation is 1. The highest BCUT2D eigenvalue weighted by molar-refractivity contribution is 5.15. The quantitative estimate of drug-likeness (QED) is 0.690. The summed E-state index contributed by atoms with van der Waals surface area (Å²) < 4.78 is 2.11. The SMILES string of the molecule is CC.CC.Cn1cnc2c1CCNC2. The molecule has 0 spiro atoms. The minimum Gasteiger partial charge on any atom is -0.337 e. The predicted octanol–water partition coefficient (Wildman–Crippen LogP) is 2.12. The van der Waals surface area contributed by atoms with Gasteiger partial charge in [-0.15, -0.1) is 0 Å². The van der Waals surface area contributed by atoms with Crippen molar-refractivity contribution in [2.24, 2.45) is 7.05 Å². The molecule has 2 heterocycles. The van der Waals surface area contributed by atoms with Gasteiger partial charge in [0, 0.05) is 32.3 Å². The molecule has 3 heteroatoms. The van der Waals surface area contributed by atoms with Crippen LogP contribution in [0, 0.1) is 0 Å². The van der Waals surface area contributed by atoms with Gasteiger partial charge in [-0.2, -0.15) is 0 Å². The fraction of sp³-hybridized carbons (Fsp3) is 0.727. The van der Waals surface area contributed by atoms with E-state index >= 15 is 0 Å². The van der Waals surface area contributed by atoms with Gasteiger partial charge < -0.3 is 9.88 Å². The van der Waals surface area contributed by atoms with Crippen molar-refractivity contribution in [2.45, 2.75) is 40.7 Å². The maximum atomic E-state index is 4.26. The third-order valence-electron chi connectivity index (χ3n) is 1.98. The number of imidazole rings is 1. The largest absolute Gasteiger partial charge is 0.337 e. The Morgan fingerprint density at radius 3 is 2.50 bits per heavy atom. The van der Waals surface area contributed by atoms with Crippen molar-refractivity contribution in [3.8, 4) is 0 Å². The average Bonchev–Trinajstić information content (AvgIpc) is 2.67. The summed E-state index contributed by atoms with van der Waals surface area (Å²) >= 11 is 0. The molecule has 1 aliphatic rings. The summed E-state index contributed by atoms with van der Waals surface area (Å²) in [5, 5.41) is 3.28. The van der Waals surface area contributed by atoms with E-state index in [1.807, 2.05) is 34.0 Å². The predicted molar refractivity (Wildman–Crippen MR) is 61.3 cm³/mol. The van der Waals surface area contributed by atoms with E-state index in [9.17, 15) is 0 Å². The Morgan fingerprint density at radius 2 is 1.93 bits per heavy atom. The first kappa shape index (κ1) is 13.2. The zero-order valence-electron chi connectivity index (χ0n) is 10.1. The van der Waals surface area contributed by atoms with E-state index in [0.29, 0.717) is 0 Å². The number of hydrogen-bond donors (Lipinski definition) is 1. The molecule has 0 saturated carbocycles. The molecule has 1 N–H and O–H groups in total. The summed E-state index contributed by atoms with van der Waals surface area (Å²) in [5.74, 6) is 0. The molecule has 3 nitrogen and oxygen atoms in total. The molecule has 14 heavy (non-hydrogen) atoms. The number of hydrogen-bond acceptors (Lipinski definition) is 2. The Hall–Kier alpha value is -0.830. The lowest BCUT2D eigenvalue weighted by Crippen LogP contribution is -2.24. The second-order valence-electron chi connectivity index (χ2n) is 2.68. The van der Waals surface area contributed by atoms with Crippen LogP contribution in [0.3, 0.4) is 0 Å². The monoisotopic (exact) mass is 197 g/mol. The van der Waals surface area contributed by atoms with E-state index < -0.39 is 0 Å². The fourth-order valence-electron chi connectivity index (χ4n) is 1.39. The van der Waals surface area contributed by atoms with Crippen LogP contribution in [0.2, 0.25) is 0 Å². The summed E-state index contributed by atoms with van der Waals surface area (Å²) in [6.45, 7) is 10.0. The molecule has 82 valence electrons. The molecular formula is C11H23N3. The zero-order chi connectivity index (χ0) is 11.0. The van der Waals surface area contributed by atoms with Crippen molar-refractivity contribution in [1.29, 1.82) is 0 Å². The highest BCUT2D eigenvalue weighted by Gasteiger charge is 2.11. The van der Waals surface area contributed by atoms with Gasteiger partial charge in [0.1, 0.15) is 0 Å². The molecule has 2 rings (SSSR count). The van der Waals surface area contributed by atoms with Crippen molar-refractivity contribution in [3.05, 3.63) is 17.7 Å². The van der Waals surface area contributed by atoms with Gasteiger partial charge in [0.05, 0.1) is 12.0 Å². The minimum absolute atomic E-state index is 0.941. The molecule has 1 aromatic heterocycles. The highest BCUT2D eigenvalue weighted by Crippen LogP contribution is 2.09. The molecule has 1 aromatic rings. The smallest absolute Gasteiger partial charge is 0.0949 e. The van der Waals surface area contributed by atoms with Crippen LogP contribution in [0.5, 0.6) is 0 Å². The molecule has 1 aliphatic heterocycles. The van der Waals surface area contributed by atoms with Crippen molar-refractivity contribution in [1.82, 2.24) is 14.9 Å². The van der Waals surface area contributed by atoms with Gasteiger partial charge in [0.25, 0.3) is 0 Å². The van der Waals surface area contributed by atoms with E-state index in [2.05, 4.69) is 21.9 Å². The van der Waals surface area contributed by atoms with Crippen molar-refractivity contribution in [3.63, 3.8) is 0 Å². The molecule has 0 saturated heterocycles. The standard InChI is InChI=1S/C7H11N3.2C2H6/c1-10-5-9-6-4-8-3-2-7(6)10;2*1-2/h5,8H,2-4H2,1H3;2*1-2H3. The van der Waals surface area contributed by atoms with Crippen LogP contribution in [0.4, 0.5) is 0 Å². The Balaban J connectivity index is 0.000000379.